The molecule has 0 unspecified atom stereocenters. The summed E-state index contributed by atoms with van der Waals surface area (Å²) < 4.78 is 13.2. The summed E-state index contributed by atoms with van der Waals surface area (Å²) in [5.41, 5.74) is 1.86. The third kappa shape index (κ3) is 2.87. The molecular weight excluding hydrogens is 331 g/mol. The highest BCUT2D eigenvalue weighted by atomic mass is 19.1. The lowest BCUT2D eigenvalue weighted by Crippen LogP contribution is -2.46. The predicted octanol–water partition coefficient (Wildman–Crippen LogP) is 4.01. The van der Waals surface area contributed by atoms with Crippen LogP contribution in [-0.4, -0.2) is 18.4 Å². The van der Waals surface area contributed by atoms with Gasteiger partial charge in [-0.15, -0.1) is 0 Å². The van der Waals surface area contributed by atoms with Crippen molar-refractivity contribution in [2.75, 3.05) is 16.8 Å². The molecule has 2 amide bonds. The second kappa shape index (κ2) is 6.56. The number of halogens is 1. The monoisotopic (exact) mass is 352 g/mol. The number of rotatable bonds is 4. The maximum absolute atomic E-state index is 13.2. The number of nitrogens with one attached hydrogen (secondary N) is 1. The van der Waals surface area contributed by atoms with E-state index in [1.807, 2.05) is 24.3 Å². The normalized spacial score (nSPS) is 18.5. The average molecular weight is 352 g/mol. The number of carbonyl (C=O) groups excluding carboxylic acids is 2. The maximum atomic E-state index is 13.2. The van der Waals surface area contributed by atoms with Crippen molar-refractivity contribution in [1.82, 2.24) is 0 Å². The summed E-state index contributed by atoms with van der Waals surface area (Å²) in [6.45, 7) is 0.748. The van der Waals surface area contributed by atoms with Crippen molar-refractivity contribution in [3.05, 3.63) is 59.9 Å². The molecule has 1 aliphatic carbocycles. The molecule has 0 radical (unpaired) electrons. The molecule has 4 nitrogen and oxygen atoms in total. The van der Waals surface area contributed by atoms with Gasteiger partial charge in [0.1, 0.15) is 5.82 Å². The predicted molar refractivity (Wildman–Crippen MR) is 98.6 cm³/mol. The zero-order valence-corrected chi connectivity index (χ0v) is 14.5. The first-order valence-corrected chi connectivity index (χ1v) is 9.06. The minimum atomic E-state index is -0.572. The van der Waals surface area contributed by atoms with Gasteiger partial charge in [-0.3, -0.25) is 9.59 Å². The number of hydrogen-bond acceptors (Lipinski definition) is 2. The Morgan fingerprint density at radius 1 is 1.00 bits per heavy atom. The highest BCUT2D eigenvalue weighted by Crippen LogP contribution is 2.44. The SMILES string of the molecule is O=C1CCCN1c1ccc(NC(=O)C2(c3ccc(F)cc3)CCC2)cc1. The van der Waals surface area contributed by atoms with Crippen LogP contribution in [0.5, 0.6) is 0 Å². The molecule has 2 aliphatic rings. The summed E-state index contributed by atoms with van der Waals surface area (Å²) in [5.74, 6) is -0.206. The van der Waals surface area contributed by atoms with E-state index in [0.717, 1.165) is 43.5 Å². The van der Waals surface area contributed by atoms with E-state index >= 15 is 0 Å². The van der Waals surface area contributed by atoms with Crippen LogP contribution in [0.2, 0.25) is 0 Å². The summed E-state index contributed by atoms with van der Waals surface area (Å²) in [7, 11) is 0. The lowest BCUT2D eigenvalue weighted by Gasteiger charge is -2.40. The lowest BCUT2D eigenvalue weighted by atomic mass is 9.64. The zero-order chi connectivity index (χ0) is 18.1. The van der Waals surface area contributed by atoms with Gasteiger partial charge in [-0.25, -0.2) is 4.39 Å². The number of carbonyl (C=O) groups is 2. The molecule has 0 bridgehead atoms. The van der Waals surface area contributed by atoms with Gasteiger partial charge >= 0.3 is 0 Å². The molecule has 1 N–H and O–H groups in total. The first-order chi connectivity index (χ1) is 12.6. The van der Waals surface area contributed by atoms with Gasteiger partial charge in [-0.05, 0) is 61.2 Å². The molecule has 2 aromatic rings. The van der Waals surface area contributed by atoms with Crippen molar-refractivity contribution in [2.24, 2.45) is 0 Å². The van der Waals surface area contributed by atoms with Gasteiger partial charge in [0.2, 0.25) is 11.8 Å². The summed E-state index contributed by atoms with van der Waals surface area (Å²) in [6, 6.07) is 13.6. The third-order valence-electron chi connectivity index (χ3n) is 5.55. The minimum absolute atomic E-state index is 0.0552. The molecule has 26 heavy (non-hydrogen) atoms. The van der Waals surface area contributed by atoms with Crippen molar-refractivity contribution in [2.45, 2.75) is 37.5 Å². The molecule has 134 valence electrons. The van der Waals surface area contributed by atoms with Crippen LogP contribution in [0, 0.1) is 5.82 Å². The van der Waals surface area contributed by atoms with Crippen LogP contribution >= 0.6 is 0 Å². The molecule has 4 rings (SSSR count). The van der Waals surface area contributed by atoms with Gasteiger partial charge in [0.25, 0.3) is 0 Å². The zero-order valence-electron chi connectivity index (χ0n) is 14.5. The summed E-state index contributed by atoms with van der Waals surface area (Å²) in [6.07, 6.45) is 4.01. The van der Waals surface area contributed by atoms with Gasteiger partial charge in [0, 0.05) is 24.3 Å². The first kappa shape index (κ1) is 16.8. The average Bonchev–Trinajstić information content (AvgIpc) is 3.02. The summed E-state index contributed by atoms with van der Waals surface area (Å²) >= 11 is 0. The smallest absolute Gasteiger partial charge is 0.235 e. The molecule has 5 heteroatoms. The summed E-state index contributed by atoms with van der Waals surface area (Å²) in [5, 5.41) is 2.99. The fourth-order valence-corrected chi connectivity index (χ4v) is 3.84. The Kier molecular flexibility index (Phi) is 4.23. The van der Waals surface area contributed by atoms with E-state index in [1.54, 1.807) is 17.0 Å². The second-order valence-electron chi connectivity index (χ2n) is 7.09. The third-order valence-corrected chi connectivity index (χ3v) is 5.55. The van der Waals surface area contributed by atoms with E-state index in [4.69, 9.17) is 0 Å². The molecular formula is C21H21FN2O2. The molecule has 2 fully saturated rings. The van der Waals surface area contributed by atoms with E-state index in [9.17, 15) is 14.0 Å². The summed E-state index contributed by atoms with van der Waals surface area (Å²) in [4.78, 5) is 26.5. The highest BCUT2D eigenvalue weighted by molar-refractivity contribution is 6.00. The Morgan fingerprint density at radius 2 is 1.69 bits per heavy atom. The molecule has 1 saturated carbocycles. The maximum Gasteiger partial charge on any atom is 0.235 e. The molecule has 1 aliphatic heterocycles. The number of amides is 2. The van der Waals surface area contributed by atoms with Crippen molar-refractivity contribution >= 4 is 23.2 Å². The van der Waals surface area contributed by atoms with E-state index in [0.29, 0.717) is 12.1 Å². The van der Waals surface area contributed by atoms with Gasteiger partial charge in [-0.1, -0.05) is 18.6 Å². The Morgan fingerprint density at radius 3 is 2.23 bits per heavy atom. The van der Waals surface area contributed by atoms with Gasteiger partial charge < -0.3 is 10.2 Å². The topological polar surface area (TPSA) is 49.4 Å². The van der Waals surface area contributed by atoms with Crippen molar-refractivity contribution in [3.8, 4) is 0 Å². The van der Waals surface area contributed by atoms with Gasteiger partial charge in [0.05, 0.1) is 5.41 Å². The van der Waals surface area contributed by atoms with E-state index in [-0.39, 0.29) is 17.6 Å². The minimum Gasteiger partial charge on any atom is -0.325 e. The molecule has 0 atom stereocenters. The fraction of sp³-hybridized carbons (Fsp3) is 0.333. The van der Waals surface area contributed by atoms with Gasteiger partial charge in [0.15, 0.2) is 0 Å². The molecule has 1 saturated heterocycles. The Balaban J connectivity index is 1.50. The van der Waals surface area contributed by atoms with Crippen molar-refractivity contribution in [3.63, 3.8) is 0 Å². The van der Waals surface area contributed by atoms with E-state index in [1.165, 1.54) is 12.1 Å². The van der Waals surface area contributed by atoms with Crippen molar-refractivity contribution < 1.29 is 14.0 Å². The lowest BCUT2D eigenvalue weighted by molar-refractivity contribution is -0.124. The Labute approximate surface area is 152 Å². The Bertz CT molecular complexity index is 826. The highest BCUT2D eigenvalue weighted by Gasteiger charge is 2.45. The van der Waals surface area contributed by atoms with Crippen LogP contribution in [0.25, 0.3) is 0 Å². The number of anilines is 2. The molecule has 0 aromatic heterocycles. The Hall–Kier alpha value is -2.69. The van der Waals surface area contributed by atoms with Crippen LogP contribution in [-0.2, 0) is 15.0 Å². The van der Waals surface area contributed by atoms with Crippen LogP contribution in [0.3, 0.4) is 0 Å². The number of benzene rings is 2. The largest absolute Gasteiger partial charge is 0.325 e. The van der Waals surface area contributed by atoms with E-state index < -0.39 is 5.41 Å². The quantitative estimate of drug-likeness (QED) is 0.904. The van der Waals surface area contributed by atoms with Crippen LogP contribution in [0.1, 0.15) is 37.7 Å². The first-order valence-electron chi connectivity index (χ1n) is 9.06. The van der Waals surface area contributed by atoms with Gasteiger partial charge in [-0.2, -0.15) is 0 Å². The van der Waals surface area contributed by atoms with Crippen molar-refractivity contribution in [1.29, 1.82) is 0 Å². The number of hydrogen-bond donors (Lipinski definition) is 1. The van der Waals surface area contributed by atoms with Crippen LogP contribution < -0.4 is 10.2 Å². The van der Waals surface area contributed by atoms with Crippen LogP contribution in [0.15, 0.2) is 48.5 Å². The van der Waals surface area contributed by atoms with Crippen LogP contribution in [0.4, 0.5) is 15.8 Å². The number of nitrogens with zero attached hydrogens (tertiary/aromatic N) is 1. The van der Waals surface area contributed by atoms with E-state index in [2.05, 4.69) is 5.32 Å². The molecule has 1 heterocycles. The molecule has 2 aromatic carbocycles. The molecule has 0 spiro atoms. The standard InChI is InChI=1S/C21H21FN2O2/c22-16-6-4-15(5-7-16)21(12-2-13-21)20(26)23-17-8-10-18(11-9-17)24-14-1-3-19(24)25/h4-11H,1-3,12-14H2,(H,23,26). The fourth-order valence-electron chi connectivity index (χ4n) is 3.84. The second-order valence-corrected chi connectivity index (χ2v) is 7.09.